The van der Waals surface area contributed by atoms with Crippen LogP contribution < -0.4 is 5.32 Å². The zero-order valence-corrected chi connectivity index (χ0v) is 16.8. The summed E-state index contributed by atoms with van der Waals surface area (Å²) in [4.78, 5) is 11.5. The van der Waals surface area contributed by atoms with Crippen LogP contribution in [0.25, 0.3) is 10.9 Å². The number of nitrogens with one attached hydrogen (secondary N) is 1. The molecular weight excluding hydrogens is 350 g/mol. The zero-order chi connectivity index (χ0) is 19.5. The number of rotatable bonds is 4. The van der Waals surface area contributed by atoms with E-state index >= 15 is 0 Å². The van der Waals surface area contributed by atoms with Gasteiger partial charge in [0.1, 0.15) is 12.1 Å². The van der Waals surface area contributed by atoms with Crippen LogP contribution in [0.3, 0.4) is 0 Å². The predicted octanol–water partition coefficient (Wildman–Crippen LogP) is 3.58. The predicted molar refractivity (Wildman–Crippen MR) is 110 cm³/mol. The maximum atomic E-state index is 9.20. The molecule has 4 rings (SSSR count). The third-order valence-electron chi connectivity index (χ3n) is 6.25. The fourth-order valence-corrected chi connectivity index (χ4v) is 4.65. The summed E-state index contributed by atoms with van der Waals surface area (Å²) in [7, 11) is 0. The Bertz CT molecular complexity index is 854. The minimum Gasteiger partial charge on any atom is -0.378 e. The van der Waals surface area contributed by atoms with Gasteiger partial charge in [0.2, 0.25) is 0 Å². The van der Waals surface area contributed by atoms with Gasteiger partial charge in [-0.2, -0.15) is 5.26 Å². The van der Waals surface area contributed by atoms with Crippen molar-refractivity contribution >= 4 is 16.7 Å². The number of anilines is 1. The summed E-state index contributed by atoms with van der Waals surface area (Å²) in [5.41, 5.74) is 1.51. The van der Waals surface area contributed by atoms with E-state index in [4.69, 9.17) is 4.74 Å². The second-order valence-electron chi connectivity index (χ2n) is 8.34. The molecule has 0 unspecified atom stereocenters. The van der Waals surface area contributed by atoms with Crippen molar-refractivity contribution in [1.82, 2.24) is 14.9 Å². The van der Waals surface area contributed by atoms with Gasteiger partial charge in [0, 0.05) is 30.1 Å². The van der Waals surface area contributed by atoms with E-state index in [1.54, 1.807) is 12.4 Å². The topological polar surface area (TPSA) is 74.1 Å². The van der Waals surface area contributed by atoms with E-state index < -0.39 is 0 Å². The molecule has 0 amide bonds. The van der Waals surface area contributed by atoms with Crippen LogP contribution >= 0.6 is 0 Å². The van der Waals surface area contributed by atoms with Crippen molar-refractivity contribution in [2.24, 2.45) is 5.92 Å². The highest BCUT2D eigenvalue weighted by atomic mass is 16.5. The van der Waals surface area contributed by atoms with Crippen LogP contribution in [0.4, 0.5) is 5.82 Å². The molecule has 28 heavy (non-hydrogen) atoms. The second kappa shape index (κ2) is 8.42. The molecular formula is C22H29N5O. The van der Waals surface area contributed by atoms with E-state index in [-0.39, 0.29) is 0 Å². The third kappa shape index (κ3) is 3.96. The molecule has 148 valence electrons. The number of benzene rings is 1. The van der Waals surface area contributed by atoms with Crippen LogP contribution in [0, 0.1) is 17.2 Å². The van der Waals surface area contributed by atoms with Gasteiger partial charge in [0.25, 0.3) is 0 Å². The van der Waals surface area contributed by atoms with Gasteiger partial charge in [-0.3, -0.25) is 4.90 Å². The molecule has 1 saturated carbocycles. The standard InChI is InChI=1S/C22H29N5O/c1-15(2)21-13-28-10-9-27(21)18-6-4-17(5-7-18)26-22-19-11-16(12-23)3-8-20(19)24-14-25-22/h3,8,11,14-15,17-18,21H,4-7,9-10,13H2,1-2H3,(H,24,25,26)/t17?,18?,21-/m0/s1. The molecule has 6 nitrogen and oxygen atoms in total. The van der Waals surface area contributed by atoms with Gasteiger partial charge in [-0.25, -0.2) is 9.97 Å². The minimum absolute atomic E-state index is 0.415. The number of ether oxygens (including phenoxy) is 1. The Morgan fingerprint density at radius 3 is 2.79 bits per heavy atom. The number of hydrogen-bond acceptors (Lipinski definition) is 6. The maximum absolute atomic E-state index is 9.20. The fourth-order valence-electron chi connectivity index (χ4n) is 4.65. The van der Waals surface area contributed by atoms with Crippen LogP contribution in [0.15, 0.2) is 24.5 Å². The Hall–Kier alpha value is -2.23. The molecule has 2 aromatic rings. The van der Waals surface area contributed by atoms with E-state index in [1.165, 1.54) is 12.8 Å². The van der Waals surface area contributed by atoms with Crippen molar-refractivity contribution in [3.8, 4) is 6.07 Å². The SMILES string of the molecule is CC(C)[C@@H]1COCCN1C1CCC(Nc2ncnc3ccc(C#N)cc23)CC1. The molecule has 0 radical (unpaired) electrons. The maximum Gasteiger partial charge on any atom is 0.137 e. The van der Waals surface area contributed by atoms with Crippen molar-refractivity contribution in [2.75, 3.05) is 25.1 Å². The molecule has 1 N–H and O–H groups in total. The summed E-state index contributed by atoms with van der Waals surface area (Å²) in [5, 5.41) is 13.8. The van der Waals surface area contributed by atoms with Gasteiger partial charge >= 0.3 is 0 Å². The Morgan fingerprint density at radius 1 is 1.21 bits per heavy atom. The third-order valence-corrected chi connectivity index (χ3v) is 6.25. The Labute approximate surface area is 166 Å². The molecule has 1 saturated heterocycles. The highest BCUT2D eigenvalue weighted by molar-refractivity contribution is 5.89. The highest BCUT2D eigenvalue weighted by Gasteiger charge is 2.33. The summed E-state index contributed by atoms with van der Waals surface area (Å²) in [6, 6.07) is 9.39. The van der Waals surface area contributed by atoms with Gasteiger partial charge in [-0.15, -0.1) is 0 Å². The summed E-state index contributed by atoms with van der Waals surface area (Å²) >= 11 is 0. The van der Waals surface area contributed by atoms with Crippen molar-refractivity contribution in [3.63, 3.8) is 0 Å². The first-order valence-electron chi connectivity index (χ1n) is 10.4. The molecule has 0 bridgehead atoms. The summed E-state index contributed by atoms with van der Waals surface area (Å²) < 4.78 is 5.73. The first kappa shape index (κ1) is 19.1. The smallest absolute Gasteiger partial charge is 0.137 e. The number of nitriles is 1. The molecule has 2 aliphatic rings. The van der Waals surface area contributed by atoms with E-state index in [9.17, 15) is 5.26 Å². The number of fused-ring (bicyclic) bond motifs is 1. The summed E-state index contributed by atoms with van der Waals surface area (Å²) in [6.45, 7) is 7.38. The number of nitrogens with zero attached hydrogens (tertiary/aromatic N) is 4. The molecule has 1 aliphatic heterocycles. The molecule has 1 aromatic carbocycles. The zero-order valence-electron chi connectivity index (χ0n) is 16.8. The van der Waals surface area contributed by atoms with E-state index in [0.29, 0.717) is 29.6 Å². The Kier molecular flexibility index (Phi) is 5.74. The van der Waals surface area contributed by atoms with Gasteiger partial charge in [-0.05, 0) is 49.8 Å². The van der Waals surface area contributed by atoms with Gasteiger partial charge < -0.3 is 10.1 Å². The number of hydrogen-bond donors (Lipinski definition) is 1. The summed E-state index contributed by atoms with van der Waals surface area (Å²) in [6.07, 6.45) is 6.27. The lowest BCUT2D eigenvalue weighted by atomic mass is 9.87. The lowest BCUT2D eigenvalue weighted by Crippen LogP contribution is -2.54. The highest BCUT2D eigenvalue weighted by Crippen LogP contribution is 2.30. The van der Waals surface area contributed by atoms with Gasteiger partial charge in [-0.1, -0.05) is 13.8 Å². The largest absolute Gasteiger partial charge is 0.378 e. The van der Waals surface area contributed by atoms with Crippen LogP contribution in [-0.4, -0.2) is 52.8 Å². The summed E-state index contributed by atoms with van der Waals surface area (Å²) in [5.74, 6) is 1.47. The monoisotopic (exact) mass is 379 g/mol. The first-order chi connectivity index (χ1) is 13.7. The van der Waals surface area contributed by atoms with Gasteiger partial charge in [0.05, 0.1) is 30.4 Å². The quantitative estimate of drug-likeness (QED) is 0.875. The van der Waals surface area contributed by atoms with Crippen molar-refractivity contribution in [2.45, 2.75) is 57.7 Å². The van der Waals surface area contributed by atoms with E-state index in [0.717, 1.165) is 49.3 Å². The molecule has 1 aliphatic carbocycles. The van der Waals surface area contributed by atoms with Gasteiger partial charge in [0.15, 0.2) is 0 Å². The Balaban J connectivity index is 1.42. The fraction of sp³-hybridized carbons (Fsp3) is 0.591. The average molecular weight is 380 g/mol. The molecule has 0 spiro atoms. The first-order valence-corrected chi connectivity index (χ1v) is 10.4. The normalized spacial score (nSPS) is 26.3. The van der Waals surface area contributed by atoms with Crippen LogP contribution in [0.5, 0.6) is 0 Å². The van der Waals surface area contributed by atoms with Crippen molar-refractivity contribution in [3.05, 3.63) is 30.1 Å². The van der Waals surface area contributed by atoms with E-state index in [2.05, 4.69) is 40.1 Å². The molecule has 6 heteroatoms. The number of morpholine rings is 1. The molecule has 2 fully saturated rings. The molecule has 1 aromatic heterocycles. The van der Waals surface area contributed by atoms with Crippen LogP contribution in [0.1, 0.15) is 45.1 Å². The van der Waals surface area contributed by atoms with Crippen molar-refractivity contribution in [1.29, 1.82) is 5.26 Å². The Morgan fingerprint density at radius 2 is 2.04 bits per heavy atom. The lowest BCUT2D eigenvalue weighted by molar-refractivity contribution is -0.0521. The number of aromatic nitrogens is 2. The molecule has 2 heterocycles. The van der Waals surface area contributed by atoms with Crippen LogP contribution in [0.2, 0.25) is 0 Å². The average Bonchev–Trinajstić information content (AvgIpc) is 2.74. The van der Waals surface area contributed by atoms with Crippen LogP contribution in [-0.2, 0) is 4.74 Å². The van der Waals surface area contributed by atoms with E-state index in [1.807, 2.05) is 12.1 Å². The molecule has 1 atom stereocenters. The second-order valence-corrected chi connectivity index (χ2v) is 8.34. The minimum atomic E-state index is 0.415. The lowest BCUT2D eigenvalue weighted by Gasteiger charge is -2.45. The van der Waals surface area contributed by atoms with Crippen molar-refractivity contribution < 1.29 is 4.74 Å².